The van der Waals surface area contributed by atoms with E-state index >= 15 is 0 Å². The van der Waals surface area contributed by atoms with Crippen LogP contribution in [0.5, 0.6) is 5.75 Å². The van der Waals surface area contributed by atoms with E-state index in [1.54, 1.807) is 23.5 Å². The average molecular weight is 345 g/mol. The van der Waals surface area contributed by atoms with Crippen molar-refractivity contribution in [3.05, 3.63) is 59.7 Å². The first kappa shape index (κ1) is 17.0. The Kier molecular flexibility index (Phi) is 4.92. The molecule has 1 atom stereocenters. The molecule has 0 amide bonds. The number of nitrogens with zero attached hydrogens (tertiary/aromatic N) is 1. The van der Waals surface area contributed by atoms with Crippen molar-refractivity contribution in [1.29, 1.82) is 0 Å². The highest BCUT2D eigenvalue weighted by Gasteiger charge is 2.36. The zero-order valence-corrected chi connectivity index (χ0v) is 14.9. The lowest BCUT2D eigenvalue weighted by Crippen LogP contribution is -2.30. The van der Waals surface area contributed by atoms with Gasteiger partial charge in [0.15, 0.2) is 0 Å². The van der Waals surface area contributed by atoms with Gasteiger partial charge in [-0.15, -0.1) is 0 Å². The molecule has 3 rings (SSSR count). The van der Waals surface area contributed by atoms with E-state index in [1.807, 2.05) is 36.4 Å². The van der Waals surface area contributed by atoms with Crippen molar-refractivity contribution in [3.8, 4) is 5.75 Å². The van der Waals surface area contributed by atoms with Gasteiger partial charge in [-0.1, -0.05) is 31.2 Å². The largest absolute Gasteiger partial charge is 0.497 e. The minimum absolute atomic E-state index is 0.105. The third kappa shape index (κ3) is 3.19. The van der Waals surface area contributed by atoms with Crippen molar-refractivity contribution in [2.45, 2.75) is 37.1 Å². The zero-order valence-electron chi connectivity index (χ0n) is 14.1. The molecule has 0 spiro atoms. The third-order valence-electron chi connectivity index (χ3n) is 4.64. The number of sulfonamides is 1. The molecule has 0 radical (unpaired) electrons. The fourth-order valence-electron chi connectivity index (χ4n) is 3.22. The third-order valence-corrected chi connectivity index (χ3v) is 6.56. The van der Waals surface area contributed by atoms with Gasteiger partial charge in [0.2, 0.25) is 10.0 Å². The maximum atomic E-state index is 13.0. The van der Waals surface area contributed by atoms with Crippen LogP contribution in [0.3, 0.4) is 0 Å². The number of rotatable bonds is 5. The lowest BCUT2D eigenvalue weighted by Gasteiger charge is -2.24. The van der Waals surface area contributed by atoms with Crippen LogP contribution in [0.15, 0.2) is 53.4 Å². The summed E-state index contributed by atoms with van der Waals surface area (Å²) in [5.74, 6) is 0.779. The standard InChI is InChI=1S/C19H23NO3S/c1-3-15-6-12-18(13-7-15)24(21,22)20-14-4-5-19(20)16-8-10-17(23-2)11-9-16/h6-13,19H,3-5,14H2,1-2H3/t19-/m0/s1. The summed E-state index contributed by atoms with van der Waals surface area (Å²) < 4.78 is 32.9. The van der Waals surface area contributed by atoms with E-state index in [4.69, 9.17) is 4.74 Å². The van der Waals surface area contributed by atoms with Crippen LogP contribution >= 0.6 is 0 Å². The first-order chi connectivity index (χ1) is 11.6. The molecule has 2 aromatic rings. The summed E-state index contributed by atoms with van der Waals surface area (Å²) >= 11 is 0. The van der Waals surface area contributed by atoms with E-state index in [0.29, 0.717) is 11.4 Å². The van der Waals surface area contributed by atoms with Crippen molar-refractivity contribution in [1.82, 2.24) is 4.31 Å². The van der Waals surface area contributed by atoms with Crippen LogP contribution in [0.25, 0.3) is 0 Å². The minimum atomic E-state index is -3.47. The molecule has 0 saturated carbocycles. The van der Waals surface area contributed by atoms with Gasteiger partial charge in [0.1, 0.15) is 5.75 Å². The Balaban J connectivity index is 1.90. The van der Waals surface area contributed by atoms with Gasteiger partial charge < -0.3 is 4.74 Å². The highest BCUT2D eigenvalue weighted by atomic mass is 32.2. The van der Waals surface area contributed by atoms with E-state index in [-0.39, 0.29) is 6.04 Å². The van der Waals surface area contributed by atoms with Crippen LogP contribution in [-0.4, -0.2) is 26.4 Å². The van der Waals surface area contributed by atoms with E-state index < -0.39 is 10.0 Å². The molecule has 1 heterocycles. The van der Waals surface area contributed by atoms with Crippen LogP contribution in [0.1, 0.15) is 36.9 Å². The van der Waals surface area contributed by atoms with Gasteiger partial charge in [0.05, 0.1) is 18.0 Å². The van der Waals surface area contributed by atoms with Crippen molar-refractivity contribution < 1.29 is 13.2 Å². The smallest absolute Gasteiger partial charge is 0.243 e. The Bertz CT molecular complexity index is 782. The maximum absolute atomic E-state index is 13.0. The molecule has 1 aliphatic heterocycles. The van der Waals surface area contributed by atoms with E-state index in [2.05, 4.69) is 6.92 Å². The van der Waals surface area contributed by atoms with Gasteiger partial charge in [-0.05, 0) is 54.7 Å². The fraction of sp³-hybridized carbons (Fsp3) is 0.368. The predicted octanol–water partition coefficient (Wildman–Crippen LogP) is 3.78. The molecule has 1 saturated heterocycles. The summed E-state index contributed by atoms with van der Waals surface area (Å²) in [6, 6.07) is 14.8. The fourth-order valence-corrected chi connectivity index (χ4v) is 4.90. The number of hydrogen-bond donors (Lipinski definition) is 0. The quantitative estimate of drug-likeness (QED) is 0.828. The zero-order chi connectivity index (χ0) is 17.2. The monoisotopic (exact) mass is 345 g/mol. The van der Waals surface area contributed by atoms with Gasteiger partial charge in [-0.3, -0.25) is 0 Å². The molecule has 4 nitrogen and oxygen atoms in total. The topological polar surface area (TPSA) is 46.6 Å². The van der Waals surface area contributed by atoms with E-state index in [0.717, 1.165) is 36.1 Å². The summed E-state index contributed by atoms with van der Waals surface area (Å²) in [6.45, 7) is 2.62. The number of ether oxygens (including phenoxy) is 1. The molecule has 0 N–H and O–H groups in total. The Morgan fingerprint density at radius 2 is 1.75 bits per heavy atom. The van der Waals surface area contributed by atoms with Crippen molar-refractivity contribution in [3.63, 3.8) is 0 Å². The summed E-state index contributed by atoms with van der Waals surface area (Å²) in [5, 5.41) is 0. The molecule has 1 aliphatic rings. The van der Waals surface area contributed by atoms with E-state index in [1.165, 1.54) is 0 Å². The molecule has 0 unspecified atom stereocenters. The molecule has 0 bridgehead atoms. The van der Waals surface area contributed by atoms with Crippen LogP contribution in [0.4, 0.5) is 0 Å². The van der Waals surface area contributed by atoms with Crippen LogP contribution in [0.2, 0.25) is 0 Å². The lowest BCUT2D eigenvalue weighted by molar-refractivity contribution is 0.394. The second kappa shape index (κ2) is 6.95. The van der Waals surface area contributed by atoms with E-state index in [9.17, 15) is 8.42 Å². The SMILES string of the molecule is CCc1ccc(S(=O)(=O)N2CCC[C@H]2c2ccc(OC)cc2)cc1. The number of aryl methyl sites for hydroxylation is 1. The highest BCUT2D eigenvalue weighted by Crippen LogP contribution is 2.37. The molecule has 128 valence electrons. The van der Waals surface area contributed by atoms with Crippen LogP contribution < -0.4 is 4.74 Å². The molecule has 2 aromatic carbocycles. The van der Waals surface area contributed by atoms with Gasteiger partial charge in [-0.2, -0.15) is 4.31 Å². The first-order valence-corrected chi connectivity index (χ1v) is 9.75. The van der Waals surface area contributed by atoms with Crippen LogP contribution in [0, 0.1) is 0 Å². The van der Waals surface area contributed by atoms with Gasteiger partial charge in [0.25, 0.3) is 0 Å². The summed E-state index contributed by atoms with van der Waals surface area (Å²) in [7, 11) is -1.85. The number of hydrogen-bond acceptors (Lipinski definition) is 3. The Morgan fingerprint density at radius 1 is 1.08 bits per heavy atom. The first-order valence-electron chi connectivity index (χ1n) is 8.31. The Labute approximate surface area is 144 Å². The van der Waals surface area contributed by atoms with Crippen molar-refractivity contribution >= 4 is 10.0 Å². The maximum Gasteiger partial charge on any atom is 0.243 e. The number of methoxy groups -OCH3 is 1. The number of benzene rings is 2. The van der Waals surface area contributed by atoms with Gasteiger partial charge in [0, 0.05) is 6.54 Å². The molecule has 24 heavy (non-hydrogen) atoms. The molecule has 0 aromatic heterocycles. The van der Waals surface area contributed by atoms with Crippen molar-refractivity contribution in [2.24, 2.45) is 0 Å². The van der Waals surface area contributed by atoms with Crippen LogP contribution in [-0.2, 0) is 16.4 Å². The lowest BCUT2D eigenvalue weighted by atomic mass is 10.1. The molecular formula is C19H23NO3S. The highest BCUT2D eigenvalue weighted by molar-refractivity contribution is 7.89. The molecule has 1 fully saturated rings. The average Bonchev–Trinajstić information content (AvgIpc) is 3.12. The summed E-state index contributed by atoms with van der Waals surface area (Å²) in [6.07, 6.45) is 2.63. The Morgan fingerprint density at radius 3 is 2.33 bits per heavy atom. The molecule has 0 aliphatic carbocycles. The second-order valence-electron chi connectivity index (χ2n) is 6.04. The normalized spacial score (nSPS) is 18.7. The van der Waals surface area contributed by atoms with Crippen molar-refractivity contribution in [2.75, 3.05) is 13.7 Å². The Hall–Kier alpha value is -1.85. The van der Waals surface area contributed by atoms with Gasteiger partial charge >= 0.3 is 0 Å². The predicted molar refractivity (Wildman–Crippen MR) is 94.7 cm³/mol. The summed E-state index contributed by atoms with van der Waals surface area (Å²) in [5.41, 5.74) is 2.16. The van der Waals surface area contributed by atoms with Gasteiger partial charge in [-0.25, -0.2) is 8.42 Å². The second-order valence-corrected chi connectivity index (χ2v) is 7.94. The molecular weight excluding hydrogens is 322 g/mol. The minimum Gasteiger partial charge on any atom is -0.497 e. The summed E-state index contributed by atoms with van der Waals surface area (Å²) in [4.78, 5) is 0.375. The molecule has 5 heteroatoms.